The molecule has 0 aliphatic heterocycles. The molecule has 0 amide bonds. The van der Waals surface area contributed by atoms with Crippen molar-refractivity contribution >= 4 is 5.69 Å². The Labute approximate surface area is 114 Å². The van der Waals surface area contributed by atoms with E-state index in [9.17, 15) is 10.1 Å². The van der Waals surface area contributed by atoms with Crippen molar-refractivity contribution in [2.45, 2.75) is 6.54 Å². The van der Waals surface area contributed by atoms with Crippen LogP contribution in [0, 0.1) is 10.1 Å². The summed E-state index contributed by atoms with van der Waals surface area (Å²) >= 11 is 0. The smallest absolute Gasteiger partial charge is 0.322 e. The number of aromatic nitrogens is 2. The maximum Gasteiger partial charge on any atom is 0.322 e. The highest BCUT2D eigenvalue weighted by Crippen LogP contribution is 2.33. The molecule has 0 unspecified atom stereocenters. The number of rotatable bonds is 5. The quantitative estimate of drug-likeness (QED) is 0.652. The van der Waals surface area contributed by atoms with Gasteiger partial charge in [-0.05, 0) is 6.07 Å². The monoisotopic (exact) mass is 276 g/mol. The Balaban J connectivity index is 2.32. The van der Waals surface area contributed by atoms with E-state index in [4.69, 9.17) is 15.2 Å². The number of nitro benzene ring substituents is 1. The van der Waals surface area contributed by atoms with Crippen molar-refractivity contribution < 1.29 is 14.4 Å². The summed E-state index contributed by atoms with van der Waals surface area (Å²) < 4.78 is 10.3. The first-order valence-corrected chi connectivity index (χ1v) is 5.65. The van der Waals surface area contributed by atoms with Gasteiger partial charge in [-0.15, -0.1) is 0 Å². The van der Waals surface area contributed by atoms with E-state index in [1.807, 2.05) is 0 Å². The van der Waals surface area contributed by atoms with Crippen molar-refractivity contribution in [3.05, 3.63) is 46.3 Å². The Bertz CT molecular complexity index is 615. The van der Waals surface area contributed by atoms with Crippen LogP contribution in [0.2, 0.25) is 0 Å². The fourth-order valence-electron chi connectivity index (χ4n) is 1.45. The maximum atomic E-state index is 10.9. The molecular formula is C12H12N4O4. The van der Waals surface area contributed by atoms with Crippen LogP contribution in [0.15, 0.2) is 30.6 Å². The van der Waals surface area contributed by atoms with Crippen LogP contribution in [0.1, 0.15) is 5.56 Å². The number of nitrogens with two attached hydrogens (primary N) is 1. The Morgan fingerprint density at radius 1 is 1.35 bits per heavy atom. The minimum atomic E-state index is -0.553. The number of nitrogens with zero attached hydrogens (tertiary/aromatic N) is 3. The van der Waals surface area contributed by atoms with Gasteiger partial charge in [0.2, 0.25) is 5.75 Å². The predicted molar refractivity (Wildman–Crippen MR) is 69.6 cm³/mol. The summed E-state index contributed by atoms with van der Waals surface area (Å²) in [4.78, 5) is 18.2. The van der Waals surface area contributed by atoms with Crippen LogP contribution in [-0.2, 0) is 6.54 Å². The van der Waals surface area contributed by atoms with Gasteiger partial charge in [-0.25, -0.2) is 9.97 Å². The van der Waals surface area contributed by atoms with Crippen LogP contribution in [0.25, 0.3) is 0 Å². The van der Waals surface area contributed by atoms with Gasteiger partial charge < -0.3 is 15.2 Å². The van der Waals surface area contributed by atoms with Gasteiger partial charge in [0, 0.05) is 36.6 Å². The largest absolute Gasteiger partial charge is 0.497 e. The Hall–Kier alpha value is -2.74. The Morgan fingerprint density at radius 3 is 2.60 bits per heavy atom. The van der Waals surface area contributed by atoms with Crippen molar-refractivity contribution in [2.24, 2.45) is 5.73 Å². The second-order valence-electron chi connectivity index (χ2n) is 3.77. The van der Waals surface area contributed by atoms with E-state index >= 15 is 0 Å². The van der Waals surface area contributed by atoms with Crippen molar-refractivity contribution in [1.82, 2.24) is 9.97 Å². The van der Waals surface area contributed by atoms with Gasteiger partial charge in [0.15, 0.2) is 0 Å². The number of benzene rings is 1. The zero-order chi connectivity index (χ0) is 14.5. The molecule has 8 heteroatoms. The minimum absolute atomic E-state index is 0.00134. The van der Waals surface area contributed by atoms with Gasteiger partial charge in [0.1, 0.15) is 5.75 Å². The van der Waals surface area contributed by atoms with Crippen LogP contribution in [0.3, 0.4) is 0 Å². The molecule has 0 saturated carbocycles. The molecule has 2 rings (SSSR count). The van der Waals surface area contributed by atoms with Crippen molar-refractivity contribution in [3.63, 3.8) is 0 Å². The first kappa shape index (κ1) is 13.7. The van der Waals surface area contributed by atoms with Crippen LogP contribution in [0.4, 0.5) is 5.69 Å². The summed E-state index contributed by atoms with van der Waals surface area (Å²) in [6.07, 6.45) is 2.99. The van der Waals surface area contributed by atoms with E-state index in [1.165, 1.54) is 37.7 Å². The van der Waals surface area contributed by atoms with E-state index in [0.29, 0.717) is 12.3 Å². The molecule has 0 fully saturated rings. The highest BCUT2D eigenvalue weighted by molar-refractivity contribution is 5.51. The first-order chi connectivity index (χ1) is 9.63. The van der Waals surface area contributed by atoms with E-state index in [1.54, 1.807) is 0 Å². The maximum absolute atomic E-state index is 10.9. The average Bonchev–Trinajstić information content (AvgIpc) is 2.47. The molecule has 2 N–H and O–H groups in total. The molecule has 1 heterocycles. The second-order valence-corrected chi connectivity index (χ2v) is 3.77. The molecule has 0 atom stereocenters. The van der Waals surface area contributed by atoms with Crippen LogP contribution in [-0.4, -0.2) is 22.0 Å². The first-order valence-electron chi connectivity index (χ1n) is 5.65. The van der Waals surface area contributed by atoms with Crippen molar-refractivity contribution in [2.75, 3.05) is 7.11 Å². The summed E-state index contributed by atoms with van der Waals surface area (Å²) in [7, 11) is 1.46. The van der Waals surface area contributed by atoms with E-state index in [-0.39, 0.29) is 17.4 Å². The molecule has 0 aliphatic rings. The van der Waals surface area contributed by atoms with E-state index in [0.717, 1.165) is 5.56 Å². The molecule has 0 bridgehead atoms. The minimum Gasteiger partial charge on any atom is -0.497 e. The number of hydrogen-bond donors (Lipinski definition) is 1. The lowest BCUT2D eigenvalue weighted by Crippen LogP contribution is -2.00. The third kappa shape index (κ3) is 2.98. The standard InChI is InChI=1S/C12H12N4O4/c1-19-9-2-3-10(16(17)18)11(4-9)20-12-14-6-8(5-13)7-15-12/h2-4,6-7H,5,13H2,1H3. The zero-order valence-corrected chi connectivity index (χ0v) is 10.6. The second kappa shape index (κ2) is 5.93. The molecule has 1 aromatic heterocycles. The third-order valence-electron chi connectivity index (χ3n) is 2.48. The SMILES string of the molecule is COc1ccc([N+](=O)[O-])c(Oc2ncc(CN)cn2)c1. The molecule has 0 saturated heterocycles. The topological polar surface area (TPSA) is 113 Å². The van der Waals surface area contributed by atoms with Crippen LogP contribution >= 0.6 is 0 Å². The average molecular weight is 276 g/mol. The fourth-order valence-corrected chi connectivity index (χ4v) is 1.45. The van der Waals surface area contributed by atoms with Crippen molar-refractivity contribution in [1.29, 1.82) is 0 Å². The molecular weight excluding hydrogens is 264 g/mol. The lowest BCUT2D eigenvalue weighted by molar-refractivity contribution is -0.385. The lowest BCUT2D eigenvalue weighted by Gasteiger charge is -2.06. The number of nitro groups is 1. The molecule has 104 valence electrons. The molecule has 20 heavy (non-hydrogen) atoms. The molecule has 0 aliphatic carbocycles. The summed E-state index contributed by atoms with van der Waals surface area (Å²) in [5.41, 5.74) is 5.96. The molecule has 0 radical (unpaired) electrons. The van der Waals surface area contributed by atoms with E-state index < -0.39 is 4.92 Å². The third-order valence-corrected chi connectivity index (χ3v) is 2.48. The number of methoxy groups -OCH3 is 1. The lowest BCUT2D eigenvalue weighted by atomic mass is 10.3. The fraction of sp³-hybridized carbons (Fsp3) is 0.167. The summed E-state index contributed by atoms with van der Waals surface area (Å²) in [5.74, 6) is 0.444. The van der Waals surface area contributed by atoms with Gasteiger partial charge in [-0.3, -0.25) is 10.1 Å². The Kier molecular flexibility index (Phi) is 4.06. The normalized spacial score (nSPS) is 10.1. The van der Waals surface area contributed by atoms with Gasteiger partial charge >= 0.3 is 11.7 Å². The molecule has 8 nitrogen and oxygen atoms in total. The highest BCUT2D eigenvalue weighted by atomic mass is 16.6. The van der Waals surface area contributed by atoms with Crippen molar-refractivity contribution in [3.8, 4) is 17.5 Å². The number of hydrogen-bond acceptors (Lipinski definition) is 7. The highest BCUT2D eigenvalue weighted by Gasteiger charge is 2.17. The van der Waals surface area contributed by atoms with Gasteiger partial charge in [-0.2, -0.15) is 0 Å². The summed E-state index contributed by atoms with van der Waals surface area (Å²) in [6, 6.07) is 4.17. The zero-order valence-electron chi connectivity index (χ0n) is 10.6. The molecule has 0 spiro atoms. The predicted octanol–water partition coefficient (Wildman–Crippen LogP) is 1.64. The van der Waals surface area contributed by atoms with Gasteiger partial charge in [0.25, 0.3) is 0 Å². The Morgan fingerprint density at radius 2 is 2.05 bits per heavy atom. The van der Waals surface area contributed by atoms with Gasteiger partial charge in [0.05, 0.1) is 12.0 Å². The molecule has 1 aromatic carbocycles. The van der Waals surface area contributed by atoms with Crippen LogP contribution in [0.5, 0.6) is 17.5 Å². The van der Waals surface area contributed by atoms with Gasteiger partial charge in [-0.1, -0.05) is 0 Å². The molecule has 2 aromatic rings. The number of ether oxygens (including phenoxy) is 2. The van der Waals surface area contributed by atoms with E-state index in [2.05, 4.69) is 9.97 Å². The van der Waals surface area contributed by atoms with Crippen LogP contribution < -0.4 is 15.2 Å². The summed E-state index contributed by atoms with van der Waals surface area (Å²) in [5, 5.41) is 10.9. The summed E-state index contributed by atoms with van der Waals surface area (Å²) in [6.45, 7) is 0.305.